The van der Waals surface area contributed by atoms with Crippen molar-refractivity contribution < 1.29 is 13.9 Å². The maximum absolute atomic E-state index is 13.4. The molecule has 5 rings (SSSR count). The Kier molecular flexibility index (Phi) is 4.92. The fraction of sp³-hybridized carbons (Fsp3) is 0.391. The molecule has 8 heteroatoms. The lowest BCUT2D eigenvalue weighted by Gasteiger charge is -2.37. The molecule has 2 N–H and O–H groups in total. The predicted octanol–water partition coefficient (Wildman–Crippen LogP) is 3.57. The summed E-state index contributed by atoms with van der Waals surface area (Å²) >= 11 is 0. The van der Waals surface area contributed by atoms with E-state index in [1.807, 2.05) is 12.1 Å². The molecular weight excluding hydrogens is 397 g/mol. The normalized spacial score (nSPS) is 16.6. The number of fused-ring (bicyclic) bond motifs is 1. The van der Waals surface area contributed by atoms with Crippen molar-refractivity contribution in [2.24, 2.45) is 0 Å². The number of hydrogen-bond acceptors (Lipinski definition) is 7. The number of ether oxygens (including phenoxy) is 2. The van der Waals surface area contributed by atoms with Crippen LogP contribution in [0.2, 0.25) is 0 Å². The van der Waals surface area contributed by atoms with Crippen molar-refractivity contribution >= 4 is 28.1 Å². The summed E-state index contributed by atoms with van der Waals surface area (Å²) in [6, 6.07) is 8.48. The van der Waals surface area contributed by atoms with Gasteiger partial charge in [0.1, 0.15) is 17.5 Å². The Balaban J connectivity index is 1.48. The molecule has 1 aromatic heterocycles. The first kappa shape index (κ1) is 19.7. The Hall–Kier alpha value is -3.29. The van der Waals surface area contributed by atoms with Gasteiger partial charge in [-0.05, 0) is 37.1 Å². The molecule has 0 atom stereocenters. The van der Waals surface area contributed by atoms with Crippen LogP contribution >= 0.6 is 0 Å². The highest BCUT2D eigenvalue weighted by Gasteiger charge is 2.30. The first-order valence-electron chi connectivity index (χ1n) is 10.6. The monoisotopic (exact) mass is 423 g/mol. The summed E-state index contributed by atoms with van der Waals surface area (Å²) in [6.45, 7) is 3.10. The van der Waals surface area contributed by atoms with Gasteiger partial charge in [0.15, 0.2) is 11.5 Å². The number of rotatable bonds is 5. The molecule has 1 saturated heterocycles. The second-order valence-corrected chi connectivity index (χ2v) is 8.08. The van der Waals surface area contributed by atoms with Crippen molar-refractivity contribution in [3.8, 4) is 11.5 Å². The van der Waals surface area contributed by atoms with Crippen LogP contribution in [0.4, 0.5) is 21.6 Å². The third kappa shape index (κ3) is 3.66. The molecule has 1 saturated carbocycles. The molecule has 0 bridgehead atoms. The van der Waals surface area contributed by atoms with Crippen molar-refractivity contribution in [2.75, 3.05) is 55.9 Å². The Morgan fingerprint density at radius 3 is 2.26 bits per heavy atom. The average Bonchev–Trinajstić information content (AvgIpc) is 3.63. The number of aromatic nitrogens is 2. The number of piperazine rings is 1. The number of halogens is 1. The van der Waals surface area contributed by atoms with E-state index in [2.05, 4.69) is 9.80 Å². The molecule has 1 aliphatic carbocycles. The summed E-state index contributed by atoms with van der Waals surface area (Å²) in [5.74, 6) is 3.29. The summed E-state index contributed by atoms with van der Waals surface area (Å²) < 4.78 is 24.4. The molecule has 2 aromatic carbocycles. The van der Waals surface area contributed by atoms with Crippen LogP contribution in [-0.4, -0.2) is 50.4 Å². The van der Waals surface area contributed by atoms with Crippen LogP contribution in [-0.2, 0) is 0 Å². The SMILES string of the molecule is COc1cc2nc(C3CC3)nc(N3CCN(c4ccc(F)cc4N)CC3)c2cc1OC. The topological polar surface area (TPSA) is 76.7 Å². The van der Waals surface area contributed by atoms with Gasteiger partial charge in [-0.1, -0.05) is 0 Å². The summed E-state index contributed by atoms with van der Waals surface area (Å²) in [7, 11) is 3.27. The number of nitrogens with two attached hydrogens (primary N) is 1. The van der Waals surface area contributed by atoms with Crippen LogP contribution in [0.15, 0.2) is 30.3 Å². The van der Waals surface area contributed by atoms with Crippen LogP contribution in [0.25, 0.3) is 10.9 Å². The summed E-state index contributed by atoms with van der Waals surface area (Å²) in [6.07, 6.45) is 2.27. The lowest BCUT2D eigenvalue weighted by atomic mass is 10.1. The molecule has 2 fully saturated rings. The van der Waals surface area contributed by atoms with Gasteiger partial charge in [-0.15, -0.1) is 0 Å². The van der Waals surface area contributed by atoms with Gasteiger partial charge in [0, 0.05) is 43.5 Å². The number of anilines is 3. The van der Waals surface area contributed by atoms with Crippen molar-refractivity contribution in [3.63, 3.8) is 0 Å². The highest BCUT2D eigenvalue weighted by atomic mass is 19.1. The van der Waals surface area contributed by atoms with E-state index in [1.165, 1.54) is 12.1 Å². The van der Waals surface area contributed by atoms with Gasteiger partial charge in [0.05, 0.1) is 31.1 Å². The largest absolute Gasteiger partial charge is 0.493 e. The summed E-state index contributed by atoms with van der Waals surface area (Å²) in [4.78, 5) is 14.3. The number of hydrogen-bond donors (Lipinski definition) is 1. The van der Waals surface area contributed by atoms with Gasteiger partial charge in [-0.3, -0.25) is 0 Å². The third-order valence-corrected chi connectivity index (χ3v) is 6.05. The van der Waals surface area contributed by atoms with E-state index in [9.17, 15) is 4.39 Å². The molecule has 0 unspecified atom stereocenters. The first-order chi connectivity index (χ1) is 15.1. The highest BCUT2D eigenvalue weighted by Crippen LogP contribution is 2.42. The molecule has 7 nitrogen and oxygen atoms in total. The molecule has 1 aliphatic heterocycles. The fourth-order valence-electron chi connectivity index (χ4n) is 4.19. The molecule has 31 heavy (non-hydrogen) atoms. The Morgan fingerprint density at radius 1 is 0.935 bits per heavy atom. The molecule has 0 amide bonds. The van der Waals surface area contributed by atoms with E-state index in [4.69, 9.17) is 25.2 Å². The van der Waals surface area contributed by atoms with Crippen molar-refractivity contribution in [1.29, 1.82) is 0 Å². The second-order valence-electron chi connectivity index (χ2n) is 8.08. The molecule has 3 aromatic rings. The number of nitrogen functional groups attached to an aromatic ring is 1. The van der Waals surface area contributed by atoms with Crippen LogP contribution < -0.4 is 25.0 Å². The quantitative estimate of drug-likeness (QED) is 0.629. The van der Waals surface area contributed by atoms with Crippen LogP contribution in [0.5, 0.6) is 11.5 Å². The van der Waals surface area contributed by atoms with E-state index in [1.54, 1.807) is 20.3 Å². The van der Waals surface area contributed by atoms with Crippen LogP contribution in [0.3, 0.4) is 0 Å². The Bertz CT molecular complexity index is 1130. The first-order valence-corrected chi connectivity index (χ1v) is 10.6. The van der Waals surface area contributed by atoms with E-state index >= 15 is 0 Å². The van der Waals surface area contributed by atoms with Gasteiger partial charge >= 0.3 is 0 Å². The minimum absolute atomic E-state index is 0.315. The van der Waals surface area contributed by atoms with Gasteiger partial charge in [0.2, 0.25) is 0 Å². The minimum atomic E-state index is -0.315. The zero-order chi connectivity index (χ0) is 21.5. The summed E-state index contributed by atoms with van der Waals surface area (Å²) in [5.41, 5.74) is 8.26. The molecule has 2 heterocycles. The van der Waals surface area contributed by atoms with E-state index < -0.39 is 0 Å². The maximum atomic E-state index is 13.4. The lowest BCUT2D eigenvalue weighted by Crippen LogP contribution is -2.47. The van der Waals surface area contributed by atoms with E-state index in [-0.39, 0.29) is 5.82 Å². The number of methoxy groups -OCH3 is 2. The standard InChI is InChI=1S/C23H26FN5O2/c1-30-20-12-16-18(13-21(20)31-2)26-22(14-3-4-14)27-23(16)29-9-7-28(8-10-29)19-6-5-15(24)11-17(19)25/h5-6,11-14H,3-4,7-10,25H2,1-2H3. The molecule has 2 aliphatic rings. The van der Waals surface area contributed by atoms with Gasteiger partial charge in [-0.25, -0.2) is 14.4 Å². The van der Waals surface area contributed by atoms with Gasteiger partial charge < -0.3 is 25.0 Å². The Morgan fingerprint density at radius 2 is 1.61 bits per heavy atom. The van der Waals surface area contributed by atoms with Crippen molar-refractivity contribution in [1.82, 2.24) is 9.97 Å². The minimum Gasteiger partial charge on any atom is -0.493 e. The Labute approximate surface area is 180 Å². The van der Waals surface area contributed by atoms with Gasteiger partial charge in [-0.2, -0.15) is 0 Å². The number of nitrogens with zero attached hydrogens (tertiary/aromatic N) is 4. The lowest BCUT2D eigenvalue weighted by molar-refractivity contribution is 0.355. The zero-order valence-corrected chi connectivity index (χ0v) is 17.8. The van der Waals surface area contributed by atoms with Crippen LogP contribution in [0.1, 0.15) is 24.6 Å². The summed E-state index contributed by atoms with van der Waals surface area (Å²) in [5, 5.41) is 0.955. The molecule has 0 radical (unpaired) electrons. The predicted molar refractivity (Wildman–Crippen MR) is 120 cm³/mol. The van der Waals surface area contributed by atoms with Crippen molar-refractivity contribution in [3.05, 3.63) is 42.0 Å². The fourth-order valence-corrected chi connectivity index (χ4v) is 4.19. The van der Waals surface area contributed by atoms with E-state index in [0.717, 1.165) is 67.3 Å². The van der Waals surface area contributed by atoms with Crippen LogP contribution in [0, 0.1) is 5.82 Å². The zero-order valence-electron chi connectivity index (χ0n) is 17.8. The third-order valence-electron chi connectivity index (χ3n) is 6.05. The number of benzene rings is 2. The van der Waals surface area contributed by atoms with Crippen molar-refractivity contribution in [2.45, 2.75) is 18.8 Å². The smallest absolute Gasteiger partial charge is 0.162 e. The maximum Gasteiger partial charge on any atom is 0.162 e. The molecule has 162 valence electrons. The second kappa shape index (κ2) is 7.76. The molecule has 0 spiro atoms. The van der Waals surface area contributed by atoms with E-state index in [0.29, 0.717) is 23.1 Å². The molecular formula is C23H26FN5O2. The average molecular weight is 423 g/mol. The highest BCUT2D eigenvalue weighted by molar-refractivity contribution is 5.92. The van der Waals surface area contributed by atoms with Gasteiger partial charge in [0.25, 0.3) is 0 Å².